The Labute approximate surface area is 184 Å². The number of likely N-dealkylation sites (N-methyl/N-ethyl adjacent to an activating group) is 1. The Kier molecular flexibility index (Phi) is 6.05. The Balaban J connectivity index is 1.90. The molecule has 0 saturated carbocycles. The zero-order chi connectivity index (χ0) is 22.8. The van der Waals surface area contributed by atoms with Crippen LogP contribution in [0.3, 0.4) is 0 Å². The van der Waals surface area contributed by atoms with Crippen LogP contribution in [0.5, 0.6) is 0 Å². The minimum absolute atomic E-state index is 0.124. The molecule has 0 spiro atoms. The third kappa shape index (κ3) is 4.01. The first-order chi connectivity index (χ1) is 15.4. The van der Waals surface area contributed by atoms with Crippen LogP contribution in [-0.2, 0) is 17.8 Å². The number of aromatic nitrogens is 3. The van der Waals surface area contributed by atoms with Gasteiger partial charge in [-0.25, -0.2) is 14.2 Å². The molecule has 8 heteroatoms. The molecule has 0 saturated heterocycles. The van der Waals surface area contributed by atoms with Crippen LogP contribution in [0.15, 0.2) is 53.5 Å². The van der Waals surface area contributed by atoms with Crippen molar-refractivity contribution in [3.8, 4) is 0 Å². The number of carbonyl (C=O) groups is 1. The molecule has 166 valence electrons. The molecule has 2 heterocycles. The largest absolute Gasteiger partial charge is 0.462 e. The number of imidazole rings is 1. The normalized spacial score (nSPS) is 11.5. The molecule has 0 bridgehead atoms. The number of nitrogens with zero attached hydrogens (tertiary/aromatic N) is 4. The van der Waals surface area contributed by atoms with Gasteiger partial charge in [-0.15, -0.1) is 0 Å². The third-order valence-corrected chi connectivity index (χ3v) is 5.36. The Morgan fingerprint density at radius 1 is 1.16 bits per heavy atom. The summed E-state index contributed by atoms with van der Waals surface area (Å²) in [7, 11) is 3.99. The van der Waals surface area contributed by atoms with Gasteiger partial charge in [0.25, 0.3) is 0 Å². The van der Waals surface area contributed by atoms with Gasteiger partial charge in [0.2, 0.25) is 5.43 Å². The minimum Gasteiger partial charge on any atom is -0.462 e. The highest BCUT2D eigenvalue weighted by Gasteiger charge is 2.20. The van der Waals surface area contributed by atoms with Crippen molar-refractivity contribution in [2.45, 2.75) is 20.0 Å². The molecule has 0 N–H and O–H groups in total. The number of carbonyl (C=O) groups excluding carboxylic acids is 1. The van der Waals surface area contributed by atoms with Crippen LogP contribution in [0.25, 0.3) is 21.9 Å². The van der Waals surface area contributed by atoms with E-state index in [1.165, 1.54) is 24.4 Å². The average Bonchev–Trinajstić information content (AvgIpc) is 3.11. The number of esters is 1. The number of fused-ring (bicyclic) bond motifs is 2. The van der Waals surface area contributed by atoms with Crippen molar-refractivity contribution in [2.75, 3.05) is 27.2 Å². The second-order valence-electron chi connectivity index (χ2n) is 7.83. The zero-order valence-electron chi connectivity index (χ0n) is 18.3. The van der Waals surface area contributed by atoms with Gasteiger partial charge in [0.1, 0.15) is 17.2 Å². The molecule has 0 unspecified atom stereocenters. The summed E-state index contributed by atoms with van der Waals surface area (Å²) in [6.07, 6.45) is 1.38. The van der Waals surface area contributed by atoms with E-state index in [1.54, 1.807) is 11.5 Å². The number of pyridine rings is 1. The Morgan fingerprint density at radius 2 is 1.94 bits per heavy atom. The van der Waals surface area contributed by atoms with Gasteiger partial charge < -0.3 is 18.8 Å². The lowest BCUT2D eigenvalue weighted by Crippen LogP contribution is -2.23. The molecule has 2 aromatic carbocycles. The number of benzene rings is 2. The monoisotopic (exact) mass is 436 g/mol. The fourth-order valence-corrected chi connectivity index (χ4v) is 3.84. The van der Waals surface area contributed by atoms with E-state index in [-0.39, 0.29) is 29.6 Å². The number of halogens is 1. The van der Waals surface area contributed by atoms with E-state index < -0.39 is 17.2 Å². The molecule has 0 aliphatic rings. The molecule has 0 amide bonds. The van der Waals surface area contributed by atoms with E-state index in [9.17, 15) is 14.0 Å². The van der Waals surface area contributed by atoms with Crippen molar-refractivity contribution in [1.29, 1.82) is 0 Å². The fraction of sp³-hybridized carbons (Fsp3) is 0.292. The highest BCUT2D eigenvalue weighted by atomic mass is 19.1. The molecule has 4 aromatic rings. The summed E-state index contributed by atoms with van der Waals surface area (Å²) in [6, 6.07) is 12.1. The van der Waals surface area contributed by atoms with Crippen LogP contribution in [0.4, 0.5) is 4.39 Å². The predicted molar refractivity (Wildman–Crippen MR) is 122 cm³/mol. The summed E-state index contributed by atoms with van der Waals surface area (Å²) in [5.41, 5.74) is 1.27. The predicted octanol–water partition coefficient (Wildman–Crippen LogP) is 3.28. The average molecular weight is 436 g/mol. The van der Waals surface area contributed by atoms with Crippen molar-refractivity contribution in [3.63, 3.8) is 0 Å². The lowest BCUT2D eigenvalue weighted by molar-refractivity contribution is 0.0524. The van der Waals surface area contributed by atoms with Crippen molar-refractivity contribution in [2.24, 2.45) is 0 Å². The maximum atomic E-state index is 14.9. The highest BCUT2D eigenvalue weighted by molar-refractivity contribution is 5.94. The lowest BCUT2D eigenvalue weighted by Gasteiger charge is -2.16. The van der Waals surface area contributed by atoms with Gasteiger partial charge in [0.15, 0.2) is 0 Å². The standard InChI is InChI=1S/C24H25FN4O3/c1-4-32-24(31)17-14-28(22-16(23(17)30)8-7-9-18(22)25)15-21-26-19-10-5-6-11-20(19)29(21)13-12-27(2)3/h5-11,14H,4,12-13,15H2,1-3H3. The van der Waals surface area contributed by atoms with Gasteiger partial charge in [-0.1, -0.05) is 18.2 Å². The topological polar surface area (TPSA) is 69.4 Å². The van der Waals surface area contributed by atoms with E-state index in [1.807, 2.05) is 38.4 Å². The van der Waals surface area contributed by atoms with Crippen LogP contribution in [-0.4, -0.2) is 52.2 Å². The SMILES string of the molecule is CCOC(=O)c1cn(Cc2nc3ccccc3n2CCN(C)C)c2c(F)cccc2c1=O. The summed E-state index contributed by atoms with van der Waals surface area (Å²) in [4.78, 5) is 32.1. The molecule has 0 aliphatic heterocycles. The van der Waals surface area contributed by atoms with Gasteiger partial charge in [0, 0.05) is 24.7 Å². The molecule has 0 aliphatic carbocycles. The van der Waals surface area contributed by atoms with E-state index in [0.717, 1.165) is 17.6 Å². The third-order valence-electron chi connectivity index (χ3n) is 5.36. The molecule has 0 radical (unpaired) electrons. The number of hydrogen-bond acceptors (Lipinski definition) is 5. The van der Waals surface area contributed by atoms with Crippen LogP contribution < -0.4 is 5.43 Å². The second kappa shape index (κ2) is 8.92. The summed E-state index contributed by atoms with van der Waals surface area (Å²) >= 11 is 0. The Bertz CT molecular complexity index is 1360. The summed E-state index contributed by atoms with van der Waals surface area (Å²) < 4.78 is 23.6. The molecular weight excluding hydrogens is 411 g/mol. The molecule has 7 nitrogen and oxygen atoms in total. The van der Waals surface area contributed by atoms with Gasteiger partial charge in [-0.3, -0.25) is 4.79 Å². The molecule has 0 atom stereocenters. The molecular formula is C24H25FN4O3. The van der Waals surface area contributed by atoms with Gasteiger partial charge in [0.05, 0.1) is 29.7 Å². The fourth-order valence-electron chi connectivity index (χ4n) is 3.84. The number of rotatable bonds is 7. The maximum absolute atomic E-state index is 14.9. The zero-order valence-corrected chi connectivity index (χ0v) is 18.3. The van der Waals surface area contributed by atoms with Crippen molar-refractivity contribution in [1.82, 2.24) is 19.0 Å². The van der Waals surface area contributed by atoms with Crippen LogP contribution in [0.2, 0.25) is 0 Å². The molecule has 0 fully saturated rings. The van der Waals surface area contributed by atoms with Crippen LogP contribution >= 0.6 is 0 Å². The first kappa shape index (κ1) is 21.7. The first-order valence-electron chi connectivity index (χ1n) is 10.5. The first-order valence-corrected chi connectivity index (χ1v) is 10.5. The summed E-state index contributed by atoms with van der Waals surface area (Å²) in [5, 5.41) is 0.131. The second-order valence-corrected chi connectivity index (χ2v) is 7.83. The van der Waals surface area contributed by atoms with Crippen LogP contribution in [0, 0.1) is 5.82 Å². The molecule has 4 rings (SSSR count). The van der Waals surface area contributed by atoms with E-state index in [2.05, 4.69) is 9.47 Å². The number of hydrogen-bond donors (Lipinski definition) is 0. The lowest BCUT2D eigenvalue weighted by atomic mass is 10.1. The Morgan fingerprint density at radius 3 is 2.69 bits per heavy atom. The highest BCUT2D eigenvalue weighted by Crippen LogP contribution is 2.21. The van der Waals surface area contributed by atoms with Gasteiger partial charge in [-0.05, 0) is 45.3 Å². The van der Waals surface area contributed by atoms with Crippen molar-refractivity contribution in [3.05, 3.63) is 76.1 Å². The summed E-state index contributed by atoms with van der Waals surface area (Å²) in [6.45, 7) is 3.48. The van der Waals surface area contributed by atoms with Crippen molar-refractivity contribution >= 4 is 27.9 Å². The van der Waals surface area contributed by atoms with Crippen molar-refractivity contribution < 1.29 is 13.9 Å². The van der Waals surface area contributed by atoms with E-state index >= 15 is 0 Å². The van der Waals surface area contributed by atoms with Gasteiger partial charge in [-0.2, -0.15) is 0 Å². The maximum Gasteiger partial charge on any atom is 0.343 e. The number of ether oxygens (including phenoxy) is 1. The van der Waals surface area contributed by atoms with E-state index in [0.29, 0.717) is 12.4 Å². The molecule has 32 heavy (non-hydrogen) atoms. The quantitative estimate of drug-likeness (QED) is 0.416. The van der Waals surface area contributed by atoms with Crippen LogP contribution in [0.1, 0.15) is 23.1 Å². The van der Waals surface area contributed by atoms with E-state index in [4.69, 9.17) is 9.72 Å². The summed E-state index contributed by atoms with van der Waals surface area (Å²) in [5.74, 6) is -0.555. The minimum atomic E-state index is -0.724. The number of para-hydroxylation sites is 3. The smallest absolute Gasteiger partial charge is 0.343 e. The van der Waals surface area contributed by atoms with Gasteiger partial charge >= 0.3 is 5.97 Å². The molecule has 2 aromatic heterocycles. The Hall–Kier alpha value is -3.52.